The molecule has 2 aromatic rings. The third-order valence-corrected chi connectivity index (χ3v) is 5.35. The van der Waals surface area contributed by atoms with E-state index >= 15 is 0 Å². The van der Waals surface area contributed by atoms with E-state index in [0.717, 1.165) is 42.0 Å². The SMILES string of the molecule is COc1ccc(C2CCCN2CC(O)c2ccc(C)cc2C)cc1OC. The molecule has 0 saturated carbocycles. The van der Waals surface area contributed by atoms with Gasteiger partial charge in [0.15, 0.2) is 11.5 Å². The number of methoxy groups -OCH3 is 2. The molecule has 3 rings (SSSR count). The van der Waals surface area contributed by atoms with Gasteiger partial charge < -0.3 is 14.6 Å². The monoisotopic (exact) mass is 355 g/mol. The zero-order valence-corrected chi connectivity index (χ0v) is 16.2. The molecule has 0 radical (unpaired) electrons. The van der Waals surface area contributed by atoms with Crippen molar-refractivity contribution in [2.75, 3.05) is 27.3 Å². The highest BCUT2D eigenvalue weighted by Crippen LogP contribution is 2.37. The maximum Gasteiger partial charge on any atom is 0.161 e. The predicted octanol–water partition coefficient (Wildman–Crippen LogP) is 4.19. The predicted molar refractivity (Wildman–Crippen MR) is 104 cm³/mol. The zero-order valence-electron chi connectivity index (χ0n) is 16.2. The van der Waals surface area contributed by atoms with Crippen LogP contribution in [-0.2, 0) is 0 Å². The van der Waals surface area contributed by atoms with Crippen molar-refractivity contribution in [3.8, 4) is 11.5 Å². The molecule has 1 aliphatic heterocycles. The molecule has 0 aromatic heterocycles. The molecule has 4 nitrogen and oxygen atoms in total. The molecule has 0 amide bonds. The number of aryl methyl sites for hydroxylation is 2. The standard InChI is InChI=1S/C22H29NO3/c1-15-7-9-18(16(2)12-15)20(24)14-23-11-5-6-19(23)17-8-10-21(25-3)22(13-17)26-4/h7-10,12-13,19-20,24H,5-6,11,14H2,1-4H3. The fourth-order valence-corrected chi connectivity index (χ4v) is 4.00. The Balaban J connectivity index is 1.78. The normalized spacial score (nSPS) is 18.7. The minimum atomic E-state index is -0.476. The summed E-state index contributed by atoms with van der Waals surface area (Å²) in [5.74, 6) is 1.50. The summed E-state index contributed by atoms with van der Waals surface area (Å²) >= 11 is 0. The molecule has 0 aliphatic carbocycles. The number of rotatable bonds is 6. The van der Waals surface area contributed by atoms with Crippen LogP contribution >= 0.6 is 0 Å². The van der Waals surface area contributed by atoms with Crippen LogP contribution in [0.4, 0.5) is 0 Å². The van der Waals surface area contributed by atoms with Crippen molar-refractivity contribution < 1.29 is 14.6 Å². The topological polar surface area (TPSA) is 41.9 Å². The maximum atomic E-state index is 10.8. The van der Waals surface area contributed by atoms with Gasteiger partial charge in [-0.2, -0.15) is 0 Å². The van der Waals surface area contributed by atoms with Crippen LogP contribution in [0.15, 0.2) is 36.4 Å². The van der Waals surface area contributed by atoms with Gasteiger partial charge in [-0.05, 0) is 62.1 Å². The highest BCUT2D eigenvalue weighted by molar-refractivity contribution is 5.44. The summed E-state index contributed by atoms with van der Waals surface area (Å²) < 4.78 is 10.8. The number of β-amino-alcohol motifs (C(OH)–C–C–N with tert-alkyl or cyclic N) is 1. The molecular weight excluding hydrogens is 326 g/mol. The number of aliphatic hydroxyl groups excluding tert-OH is 1. The van der Waals surface area contributed by atoms with Gasteiger partial charge in [-0.1, -0.05) is 29.8 Å². The van der Waals surface area contributed by atoms with E-state index < -0.39 is 6.10 Å². The number of benzene rings is 2. The smallest absolute Gasteiger partial charge is 0.161 e. The van der Waals surface area contributed by atoms with Crippen LogP contribution in [0.25, 0.3) is 0 Å². The molecule has 140 valence electrons. The van der Waals surface area contributed by atoms with Gasteiger partial charge in [0.2, 0.25) is 0 Å². The van der Waals surface area contributed by atoms with Gasteiger partial charge in [0.25, 0.3) is 0 Å². The van der Waals surface area contributed by atoms with Gasteiger partial charge in [0.05, 0.1) is 20.3 Å². The van der Waals surface area contributed by atoms with Crippen molar-refractivity contribution in [2.24, 2.45) is 0 Å². The molecule has 0 spiro atoms. The van der Waals surface area contributed by atoms with Crippen LogP contribution in [0.1, 0.15) is 47.2 Å². The average molecular weight is 355 g/mol. The first-order valence-corrected chi connectivity index (χ1v) is 9.24. The van der Waals surface area contributed by atoms with Crippen molar-refractivity contribution in [1.29, 1.82) is 0 Å². The highest BCUT2D eigenvalue weighted by Gasteiger charge is 2.29. The Kier molecular flexibility index (Phi) is 5.84. The lowest BCUT2D eigenvalue weighted by atomic mass is 9.99. The summed E-state index contributed by atoms with van der Waals surface area (Å²) in [7, 11) is 3.32. The largest absolute Gasteiger partial charge is 0.493 e. The minimum absolute atomic E-state index is 0.301. The summed E-state index contributed by atoms with van der Waals surface area (Å²) in [6.07, 6.45) is 1.75. The minimum Gasteiger partial charge on any atom is -0.493 e. The molecule has 2 aromatic carbocycles. The molecule has 26 heavy (non-hydrogen) atoms. The number of ether oxygens (including phenoxy) is 2. The van der Waals surface area contributed by atoms with E-state index in [0.29, 0.717) is 12.6 Å². The van der Waals surface area contributed by atoms with Gasteiger partial charge in [-0.3, -0.25) is 4.90 Å². The molecular formula is C22H29NO3. The molecule has 0 bridgehead atoms. The Morgan fingerprint density at radius 2 is 1.85 bits per heavy atom. The first-order valence-electron chi connectivity index (χ1n) is 9.24. The Morgan fingerprint density at radius 3 is 2.54 bits per heavy atom. The fraction of sp³-hybridized carbons (Fsp3) is 0.455. The number of hydrogen-bond acceptors (Lipinski definition) is 4. The van der Waals surface area contributed by atoms with Gasteiger partial charge in [0.1, 0.15) is 0 Å². The van der Waals surface area contributed by atoms with Crippen molar-refractivity contribution in [2.45, 2.75) is 38.8 Å². The second-order valence-electron chi connectivity index (χ2n) is 7.14. The third kappa shape index (κ3) is 3.87. The van der Waals surface area contributed by atoms with Crippen LogP contribution in [0.2, 0.25) is 0 Å². The van der Waals surface area contributed by atoms with Gasteiger partial charge in [-0.25, -0.2) is 0 Å². The lowest BCUT2D eigenvalue weighted by Gasteiger charge is -2.28. The van der Waals surface area contributed by atoms with Crippen molar-refractivity contribution in [3.63, 3.8) is 0 Å². The molecule has 1 aliphatic rings. The number of likely N-dealkylation sites (tertiary alicyclic amines) is 1. The number of nitrogens with zero attached hydrogens (tertiary/aromatic N) is 1. The van der Waals surface area contributed by atoms with Crippen molar-refractivity contribution >= 4 is 0 Å². The molecule has 1 heterocycles. The first-order chi connectivity index (χ1) is 12.5. The summed E-state index contributed by atoms with van der Waals surface area (Å²) in [4.78, 5) is 2.38. The molecule has 2 atom stereocenters. The van der Waals surface area contributed by atoms with E-state index in [4.69, 9.17) is 9.47 Å². The average Bonchev–Trinajstić information content (AvgIpc) is 3.09. The zero-order chi connectivity index (χ0) is 18.7. The van der Waals surface area contributed by atoms with Gasteiger partial charge in [-0.15, -0.1) is 0 Å². The maximum absolute atomic E-state index is 10.8. The van der Waals surface area contributed by atoms with Crippen molar-refractivity contribution in [3.05, 3.63) is 58.7 Å². The molecule has 1 saturated heterocycles. The molecule has 4 heteroatoms. The summed E-state index contributed by atoms with van der Waals surface area (Å²) in [5, 5.41) is 10.8. The fourth-order valence-electron chi connectivity index (χ4n) is 4.00. The van der Waals surface area contributed by atoms with Crippen LogP contribution < -0.4 is 9.47 Å². The molecule has 1 fully saturated rings. The van der Waals surface area contributed by atoms with Crippen molar-refractivity contribution in [1.82, 2.24) is 4.90 Å². The lowest BCUT2D eigenvalue weighted by Crippen LogP contribution is -2.28. The third-order valence-electron chi connectivity index (χ3n) is 5.35. The van der Waals surface area contributed by atoms with Crippen LogP contribution in [0, 0.1) is 13.8 Å². The first kappa shape index (κ1) is 18.7. The van der Waals surface area contributed by atoms with E-state index in [2.05, 4.69) is 49.1 Å². The second kappa shape index (κ2) is 8.11. The van der Waals surface area contributed by atoms with E-state index in [1.54, 1.807) is 14.2 Å². The number of hydrogen-bond donors (Lipinski definition) is 1. The van der Waals surface area contributed by atoms with Crippen LogP contribution in [0.3, 0.4) is 0 Å². The number of aliphatic hydroxyl groups is 1. The quantitative estimate of drug-likeness (QED) is 0.844. The summed E-state index contributed by atoms with van der Waals surface area (Å²) in [6, 6.07) is 12.7. The Hall–Kier alpha value is -2.04. The van der Waals surface area contributed by atoms with Crippen LogP contribution in [-0.4, -0.2) is 37.3 Å². The van der Waals surface area contributed by atoms with E-state index in [-0.39, 0.29) is 0 Å². The lowest BCUT2D eigenvalue weighted by molar-refractivity contribution is 0.106. The summed E-state index contributed by atoms with van der Waals surface area (Å²) in [5.41, 5.74) is 4.61. The Bertz CT molecular complexity index is 759. The Morgan fingerprint density at radius 1 is 1.08 bits per heavy atom. The second-order valence-corrected chi connectivity index (χ2v) is 7.14. The van der Waals surface area contributed by atoms with E-state index in [1.165, 1.54) is 11.1 Å². The molecule has 1 N–H and O–H groups in total. The van der Waals surface area contributed by atoms with E-state index in [1.807, 2.05) is 6.07 Å². The summed E-state index contributed by atoms with van der Waals surface area (Å²) in [6.45, 7) is 5.79. The Labute approximate surface area is 156 Å². The van der Waals surface area contributed by atoms with Gasteiger partial charge >= 0.3 is 0 Å². The van der Waals surface area contributed by atoms with Gasteiger partial charge in [0, 0.05) is 12.6 Å². The highest BCUT2D eigenvalue weighted by atomic mass is 16.5. The van der Waals surface area contributed by atoms with E-state index in [9.17, 15) is 5.11 Å². The molecule has 2 unspecified atom stereocenters. The van der Waals surface area contributed by atoms with Crippen LogP contribution in [0.5, 0.6) is 11.5 Å².